The lowest BCUT2D eigenvalue weighted by molar-refractivity contribution is 0.143. The highest BCUT2D eigenvalue weighted by atomic mass is 16.5. The Labute approximate surface area is 184 Å². The summed E-state index contributed by atoms with van der Waals surface area (Å²) in [6, 6.07) is 21.2. The van der Waals surface area contributed by atoms with Gasteiger partial charge in [-0.1, -0.05) is 92.6 Å². The molecule has 0 aromatic heterocycles. The van der Waals surface area contributed by atoms with Crippen molar-refractivity contribution in [2.24, 2.45) is 0 Å². The third kappa shape index (κ3) is 4.53. The Morgan fingerprint density at radius 3 is 1.97 bits per heavy atom. The Hall–Kier alpha value is -3.02. The molecule has 4 aromatic rings. The quantitative estimate of drug-likeness (QED) is 0.206. The molecule has 0 amide bonds. The fraction of sp³-hybridized carbons (Fsp3) is 0.310. The first-order chi connectivity index (χ1) is 15.0. The summed E-state index contributed by atoms with van der Waals surface area (Å²) in [5.74, 6) is 6.98. The molecule has 0 unspecified atom stereocenters. The van der Waals surface area contributed by atoms with Crippen molar-refractivity contribution in [3.05, 3.63) is 66.2 Å². The van der Waals surface area contributed by atoms with Gasteiger partial charge in [0.1, 0.15) is 11.4 Å². The molecule has 2 nitrogen and oxygen atoms in total. The van der Waals surface area contributed by atoms with E-state index in [9.17, 15) is 5.11 Å². The number of hydrogen-bond acceptors (Lipinski definition) is 2. The van der Waals surface area contributed by atoms with Gasteiger partial charge in [-0.05, 0) is 53.3 Å². The minimum absolute atomic E-state index is 0.664. The minimum Gasteiger partial charge on any atom is -0.492 e. The van der Waals surface area contributed by atoms with Crippen molar-refractivity contribution in [2.75, 3.05) is 6.61 Å². The van der Waals surface area contributed by atoms with Crippen LogP contribution in [-0.4, -0.2) is 17.3 Å². The summed E-state index contributed by atoms with van der Waals surface area (Å²) in [5.41, 5.74) is -0.232. The summed E-state index contributed by atoms with van der Waals surface area (Å²) in [6.07, 6.45) is 4.61. The van der Waals surface area contributed by atoms with Crippen LogP contribution in [0, 0.1) is 11.8 Å². The Morgan fingerprint density at radius 1 is 0.774 bits per heavy atom. The van der Waals surface area contributed by atoms with Crippen LogP contribution >= 0.6 is 0 Å². The van der Waals surface area contributed by atoms with Crippen molar-refractivity contribution in [2.45, 2.75) is 52.1 Å². The molecule has 158 valence electrons. The molecule has 0 fully saturated rings. The molecule has 0 atom stereocenters. The lowest BCUT2D eigenvalue weighted by Crippen LogP contribution is -2.14. The zero-order valence-electron chi connectivity index (χ0n) is 18.7. The van der Waals surface area contributed by atoms with Crippen LogP contribution in [0.1, 0.15) is 52.0 Å². The monoisotopic (exact) mass is 410 g/mol. The van der Waals surface area contributed by atoms with E-state index in [1.807, 2.05) is 6.07 Å². The van der Waals surface area contributed by atoms with Gasteiger partial charge in [-0.15, -0.1) is 0 Å². The van der Waals surface area contributed by atoms with E-state index < -0.39 is 5.60 Å². The zero-order chi connectivity index (χ0) is 21.8. The van der Waals surface area contributed by atoms with Crippen LogP contribution in [0.3, 0.4) is 0 Å². The number of unbranched alkanes of at least 4 members (excludes halogenated alkanes) is 3. The smallest absolute Gasteiger partial charge is 0.143 e. The second-order valence-corrected chi connectivity index (χ2v) is 8.67. The number of benzene rings is 4. The van der Waals surface area contributed by atoms with E-state index in [0.29, 0.717) is 6.61 Å². The molecule has 0 saturated carbocycles. The summed E-state index contributed by atoms with van der Waals surface area (Å²) in [4.78, 5) is 0. The predicted octanol–water partition coefficient (Wildman–Crippen LogP) is 7.23. The van der Waals surface area contributed by atoms with Crippen LogP contribution in [0.2, 0.25) is 0 Å². The maximum absolute atomic E-state index is 10.2. The first-order valence-electron chi connectivity index (χ1n) is 11.2. The minimum atomic E-state index is -1.06. The summed E-state index contributed by atoms with van der Waals surface area (Å²) in [5, 5.41) is 17.3. The SMILES string of the molecule is CCCCCCOc1c(C#CC(C)(C)O)ccc2c3ccccc3c3ccccc3c12. The van der Waals surface area contributed by atoms with Gasteiger partial charge in [-0.25, -0.2) is 0 Å². The van der Waals surface area contributed by atoms with Gasteiger partial charge in [-0.3, -0.25) is 0 Å². The third-order valence-corrected chi connectivity index (χ3v) is 5.61. The first kappa shape index (κ1) is 21.2. The summed E-state index contributed by atoms with van der Waals surface area (Å²) >= 11 is 0. The van der Waals surface area contributed by atoms with Crippen LogP contribution < -0.4 is 4.74 Å². The molecule has 0 aliphatic heterocycles. The molecular weight excluding hydrogens is 380 g/mol. The van der Waals surface area contributed by atoms with Crippen molar-refractivity contribution in [3.8, 4) is 17.6 Å². The largest absolute Gasteiger partial charge is 0.492 e. The summed E-state index contributed by atoms with van der Waals surface area (Å²) in [7, 11) is 0. The lowest BCUT2D eigenvalue weighted by Gasteiger charge is -2.16. The number of aliphatic hydroxyl groups is 1. The van der Waals surface area contributed by atoms with Gasteiger partial charge >= 0.3 is 0 Å². The Morgan fingerprint density at radius 2 is 1.35 bits per heavy atom. The van der Waals surface area contributed by atoms with E-state index in [0.717, 1.165) is 29.5 Å². The Kier molecular flexibility index (Phi) is 6.16. The highest BCUT2D eigenvalue weighted by Gasteiger charge is 2.16. The normalized spacial score (nSPS) is 11.6. The van der Waals surface area contributed by atoms with E-state index in [2.05, 4.69) is 73.4 Å². The molecule has 31 heavy (non-hydrogen) atoms. The van der Waals surface area contributed by atoms with Crippen molar-refractivity contribution in [3.63, 3.8) is 0 Å². The second kappa shape index (κ2) is 9.00. The molecule has 2 heteroatoms. The molecule has 1 N–H and O–H groups in total. The van der Waals surface area contributed by atoms with Crippen molar-refractivity contribution in [1.82, 2.24) is 0 Å². The van der Waals surface area contributed by atoms with E-state index >= 15 is 0 Å². The van der Waals surface area contributed by atoms with E-state index in [4.69, 9.17) is 4.74 Å². The molecule has 4 aromatic carbocycles. The summed E-state index contributed by atoms with van der Waals surface area (Å²) < 4.78 is 6.44. The second-order valence-electron chi connectivity index (χ2n) is 8.67. The standard InChI is InChI=1S/C29H30O2/c1-4-5-6-11-20-31-28-21(18-19-29(2,3)30)16-17-26-24-14-8-7-12-22(24)23-13-9-10-15-25(23)27(26)28/h7-10,12-17,30H,4-6,11,20H2,1-3H3. The Bertz CT molecular complexity index is 1250. The molecular formula is C29H30O2. The highest BCUT2D eigenvalue weighted by molar-refractivity contribution is 6.27. The van der Waals surface area contributed by atoms with Crippen LogP contribution in [0.15, 0.2) is 60.7 Å². The zero-order valence-corrected chi connectivity index (χ0v) is 18.7. The first-order valence-corrected chi connectivity index (χ1v) is 11.2. The maximum Gasteiger partial charge on any atom is 0.143 e. The summed E-state index contributed by atoms with van der Waals surface area (Å²) in [6.45, 7) is 6.29. The van der Waals surface area contributed by atoms with Gasteiger partial charge in [0.15, 0.2) is 0 Å². The average Bonchev–Trinajstić information content (AvgIpc) is 2.77. The van der Waals surface area contributed by atoms with E-state index in [1.165, 1.54) is 39.8 Å². The van der Waals surface area contributed by atoms with Crippen LogP contribution in [0.5, 0.6) is 5.75 Å². The van der Waals surface area contributed by atoms with Crippen LogP contribution in [0.4, 0.5) is 0 Å². The Balaban J connectivity index is 1.98. The molecule has 0 radical (unpaired) electrons. The molecule has 0 saturated heterocycles. The van der Waals surface area contributed by atoms with E-state index in [1.54, 1.807) is 13.8 Å². The van der Waals surface area contributed by atoms with Gasteiger partial charge < -0.3 is 9.84 Å². The highest BCUT2D eigenvalue weighted by Crippen LogP contribution is 2.41. The number of rotatable bonds is 6. The van der Waals surface area contributed by atoms with Crippen molar-refractivity contribution < 1.29 is 9.84 Å². The predicted molar refractivity (Wildman–Crippen MR) is 132 cm³/mol. The van der Waals surface area contributed by atoms with Crippen LogP contribution in [-0.2, 0) is 0 Å². The van der Waals surface area contributed by atoms with Gasteiger partial charge in [0, 0.05) is 5.39 Å². The molecule has 0 aliphatic rings. The van der Waals surface area contributed by atoms with Crippen LogP contribution in [0.25, 0.3) is 32.3 Å². The van der Waals surface area contributed by atoms with Crippen molar-refractivity contribution in [1.29, 1.82) is 0 Å². The lowest BCUT2D eigenvalue weighted by atomic mass is 9.92. The molecule has 0 spiro atoms. The maximum atomic E-state index is 10.2. The fourth-order valence-electron chi connectivity index (χ4n) is 4.14. The average molecular weight is 411 g/mol. The number of fused-ring (bicyclic) bond motifs is 6. The molecule has 0 bridgehead atoms. The fourth-order valence-corrected chi connectivity index (χ4v) is 4.14. The van der Waals surface area contributed by atoms with Gasteiger partial charge in [0.25, 0.3) is 0 Å². The van der Waals surface area contributed by atoms with Gasteiger partial charge in [-0.2, -0.15) is 0 Å². The molecule has 0 heterocycles. The van der Waals surface area contributed by atoms with Gasteiger partial charge in [0.2, 0.25) is 0 Å². The van der Waals surface area contributed by atoms with E-state index in [-0.39, 0.29) is 0 Å². The number of ether oxygens (including phenoxy) is 1. The third-order valence-electron chi connectivity index (χ3n) is 5.61. The molecule has 0 aliphatic carbocycles. The van der Waals surface area contributed by atoms with Crippen molar-refractivity contribution >= 4 is 32.3 Å². The van der Waals surface area contributed by atoms with Gasteiger partial charge in [0.05, 0.1) is 12.2 Å². The number of hydrogen-bond donors (Lipinski definition) is 1. The topological polar surface area (TPSA) is 29.5 Å². The molecule has 4 rings (SSSR count).